The number of fused-ring (bicyclic) bond motifs is 1. The normalized spacial score (nSPS) is 32.0. The molecule has 2 saturated heterocycles. The number of benzene rings is 1. The Morgan fingerprint density at radius 1 is 1.34 bits per heavy atom. The Hall–Kier alpha value is -2.25. The molecule has 1 saturated carbocycles. The zero-order valence-electron chi connectivity index (χ0n) is 16.5. The van der Waals surface area contributed by atoms with Crippen molar-refractivity contribution in [3.8, 4) is 0 Å². The first-order valence-corrected chi connectivity index (χ1v) is 9.98. The average Bonchev–Trinajstić information content (AvgIpc) is 3.03. The summed E-state index contributed by atoms with van der Waals surface area (Å²) >= 11 is 0. The maximum Gasteiger partial charge on any atom is 0.416 e. The lowest BCUT2D eigenvalue weighted by atomic mass is 9.95. The van der Waals surface area contributed by atoms with E-state index in [-0.39, 0.29) is 41.2 Å². The monoisotopic (exact) mass is 410 g/mol. The first kappa shape index (κ1) is 20.0. The number of carbonyl (C=O) groups excluding carboxylic acids is 2. The number of halogens is 3. The summed E-state index contributed by atoms with van der Waals surface area (Å²) < 4.78 is 44.7. The molecule has 0 bridgehead atoms. The number of cyclic esters (lactones) is 1. The minimum absolute atomic E-state index is 0.0132. The molecular weight excluding hydrogens is 385 g/mol. The number of hydrogen-bond donors (Lipinski definition) is 1. The van der Waals surface area contributed by atoms with Gasteiger partial charge in [0.05, 0.1) is 18.1 Å². The Bertz CT molecular complexity index is 841. The SMILES string of the molecule is Cc1ccc([C@H]2[C@@H]3CN(C(=O)[C@@H]4CCCOC(=O)NC4)C[C@@]32C)cc1C(F)(F)F. The maximum atomic E-state index is 13.3. The Labute approximate surface area is 167 Å². The molecule has 0 radical (unpaired) electrons. The maximum absolute atomic E-state index is 13.3. The molecule has 1 aliphatic carbocycles. The van der Waals surface area contributed by atoms with Gasteiger partial charge in [0.1, 0.15) is 0 Å². The fourth-order valence-electron chi connectivity index (χ4n) is 5.15. The van der Waals surface area contributed by atoms with Gasteiger partial charge in [0.25, 0.3) is 0 Å². The van der Waals surface area contributed by atoms with Crippen molar-refractivity contribution in [2.75, 3.05) is 26.2 Å². The van der Waals surface area contributed by atoms with Gasteiger partial charge in [-0.25, -0.2) is 4.79 Å². The van der Waals surface area contributed by atoms with Crippen LogP contribution in [-0.2, 0) is 15.7 Å². The van der Waals surface area contributed by atoms with E-state index in [4.69, 9.17) is 4.74 Å². The molecule has 3 fully saturated rings. The van der Waals surface area contributed by atoms with Crippen molar-refractivity contribution in [2.45, 2.75) is 38.8 Å². The van der Waals surface area contributed by atoms with Crippen molar-refractivity contribution in [3.05, 3.63) is 34.9 Å². The van der Waals surface area contributed by atoms with Crippen LogP contribution in [0.25, 0.3) is 0 Å². The third kappa shape index (κ3) is 3.57. The quantitative estimate of drug-likeness (QED) is 0.809. The van der Waals surface area contributed by atoms with Crippen LogP contribution < -0.4 is 5.32 Å². The van der Waals surface area contributed by atoms with Crippen LogP contribution in [0.1, 0.15) is 42.4 Å². The van der Waals surface area contributed by atoms with E-state index in [2.05, 4.69) is 12.2 Å². The molecule has 2 aliphatic heterocycles. The van der Waals surface area contributed by atoms with Crippen LogP contribution >= 0.6 is 0 Å². The van der Waals surface area contributed by atoms with Crippen LogP contribution in [0.3, 0.4) is 0 Å². The Balaban J connectivity index is 1.44. The highest BCUT2D eigenvalue weighted by Gasteiger charge is 2.67. The van der Waals surface area contributed by atoms with E-state index in [1.165, 1.54) is 19.1 Å². The smallest absolute Gasteiger partial charge is 0.416 e. The zero-order valence-corrected chi connectivity index (χ0v) is 16.5. The molecule has 0 aromatic heterocycles. The molecule has 2 amide bonds. The predicted octanol–water partition coefficient (Wildman–Crippen LogP) is 3.71. The van der Waals surface area contributed by atoms with Gasteiger partial charge < -0.3 is 15.0 Å². The summed E-state index contributed by atoms with van der Waals surface area (Å²) in [5.41, 5.74) is 0.160. The molecule has 1 aromatic rings. The highest BCUT2D eigenvalue weighted by molar-refractivity contribution is 5.81. The number of alkyl carbamates (subject to hydrolysis) is 1. The second-order valence-corrected chi connectivity index (χ2v) is 8.74. The second-order valence-electron chi connectivity index (χ2n) is 8.74. The molecule has 29 heavy (non-hydrogen) atoms. The molecule has 0 unspecified atom stereocenters. The molecule has 0 spiro atoms. The van der Waals surface area contributed by atoms with E-state index in [1.807, 2.05) is 4.90 Å². The summed E-state index contributed by atoms with van der Waals surface area (Å²) in [6.45, 7) is 5.17. The number of hydrogen-bond acceptors (Lipinski definition) is 3. The summed E-state index contributed by atoms with van der Waals surface area (Å²) in [6, 6.07) is 4.60. The molecule has 3 aliphatic rings. The summed E-state index contributed by atoms with van der Waals surface area (Å²) in [4.78, 5) is 26.2. The van der Waals surface area contributed by atoms with Crippen LogP contribution in [-0.4, -0.2) is 43.1 Å². The van der Waals surface area contributed by atoms with Crippen LogP contribution in [0, 0.1) is 24.2 Å². The number of alkyl halides is 3. The number of rotatable bonds is 2. The summed E-state index contributed by atoms with van der Waals surface area (Å²) in [7, 11) is 0. The topological polar surface area (TPSA) is 58.6 Å². The lowest BCUT2D eigenvalue weighted by Crippen LogP contribution is -2.43. The van der Waals surface area contributed by atoms with Crippen molar-refractivity contribution in [3.63, 3.8) is 0 Å². The van der Waals surface area contributed by atoms with Crippen LogP contribution in [0.4, 0.5) is 18.0 Å². The van der Waals surface area contributed by atoms with E-state index in [1.54, 1.807) is 6.07 Å². The Morgan fingerprint density at radius 3 is 2.76 bits per heavy atom. The molecule has 4 rings (SSSR count). The molecule has 8 heteroatoms. The fourth-order valence-corrected chi connectivity index (χ4v) is 5.15. The van der Waals surface area contributed by atoms with Gasteiger partial charge in [0.2, 0.25) is 5.91 Å². The van der Waals surface area contributed by atoms with E-state index >= 15 is 0 Å². The number of piperidine rings is 1. The summed E-state index contributed by atoms with van der Waals surface area (Å²) in [5.74, 6) is -0.0572. The Kier molecular flexibility index (Phi) is 4.78. The van der Waals surface area contributed by atoms with Crippen molar-refractivity contribution in [1.29, 1.82) is 0 Å². The molecule has 1 aromatic carbocycles. The first-order chi connectivity index (χ1) is 13.6. The number of nitrogens with one attached hydrogen (secondary N) is 1. The van der Waals surface area contributed by atoms with Gasteiger partial charge in [0, 0.05) is 19.6 Å². The largest absolute Gasteiger partial charge is 0.450 e. The van der Waals surface area contributed by atoms with Gasteiger partial charge >= 0.3 is 12.3 Å². The van der Waals surface area contributed by atoms with Crippen molar-refractivity contribution in [1.82, 2.24) is 10.2 Å². The molecular formula is C21H25F3N2O3. The molecule has 4 atom stereocenters. The highest BCUT2D eigenvalue weighted by atomic mass is 19.4. The number of amides is 2. The molecule has 1 N–H and O–H groups in total. The van der Waals surface area contributed by atoms with E-state index in [0.717, 1.165) is 0 Å². The minimum atomic E-state index is -4.36. The number of carbonyl (C=O) groups is 2. The predicted molar refractivity (Wildman–Crippen MR) is 99.2 cm³/mol. The van der Waals surface area contributed by atoms with E-state index in [0.29, 0.717) is 38.1 Å². The average molecular weight is 410 g/mol. The summed E-state index contributed by atoms with van der Waals surface area (Å²) in [6.07, 6.45) is -3.57. The fraction of sp³-hybridized carbons (Fsp3) is 0.619. The van der Waals surface area contributed by atoms with Gasteiger partial charge in [-0.15, -0.1) is 0 Å². The van der Waals surface area contributed by atoms with Gasteiger partial charge in [-0.2, -0.15) is 13.2 Å². The standard InChI is InChI=1S/C21H25F3N2O3/c1-12-5-6-13(8-15(12)21(22,23)24)17-16-10-26(11-20(16,17)2)18(27)14-4-3-7-29-19(28)25-9-14/h5-6,8,14,16-17H,3-4,7,9-11H2,1-2H3,(H,25,28)/t14-,16+,17+,20+/m1/s1. The first-order valence-electron chi connectivity index (χ1n) is 9.98. The second kappa shape index (κ2) is 6.92. The number of ether oxygens (including phenoxy) is 1. The molecule has 2 heterocycles. The van der Waals surface area contributed by atoms with E-state index in [9.17, 15) is 22.8 Å². The summed E-state index contributed by atoms with van der Waals surface area (Å²) in [5, 5.41) is 2.62. The minimum Gasteiger partial charge on any atom is -0.450 e. The van der Waals surface area contributed by atoms with Crippen LogP contribution in [0.15, 0.2) is 18.2 Å². The highest BCUT2D eigenvalue weighted by Crippen LogP contribution is 2.68. The van der Waals surface area contributed by atoms with E-state index < -0.39 is 17.8 Å². The third-order valence-corrected chi connectivity index (χ3v) is 6.81. The van der Waals surface area contributed by atoms with Gasteiger partial charge in [-0.1, -0.05) is 19.1 Å². The van der Waals surface area contributed by atoms with Gasteiger partial charge in [-0.3, -0.25) is 4.79 Å². The Morgan fingerprint density at radius 2 is 2.10 bits per heavy atom. The lowest BCUT2D eigenvalue weighted by molar-refractivity contribution is -0.138. The number of likely N-dealkylation sites (tertiary alicyclic amines) is 1. The van der Waals surface area contributed by atoms with Crippen LogP contribution in [0.2, 0.25) is 0 Å². The number of aryl methyl sites for hydroxylation is 1. The third-order valence-electron chi connectivity index (χ3n) is 6.81. The van der Waals surface area contributed by atoms with Gasteiger partial charge in [0.15, 0.2) is 0 Å². The molecule has 158 valence electrons. The zero-order chi connectivity index (χ0) is 21.0. The van der Waals surface area contributed by atoms with Crippen LogP contribution in [0.5, 0.6) is 0 Å². The number of nitrogens with zero attached hydrogens (tertiary/aromatic N) is 1. The van der Waals surface area contributed by atoms with Crippen molar-refractivity contribution < 1.29 is 27.5 Å². The molecule has 5 nitrogen and oxygen atoms in total. The van der Waals surface area contributed by atoms with Gasteiger partial charge in [-0.05, 0) is 54.2 Å². The van der Waals surface area contributed by atoms with Crippen molar-refractivity contribution in [2.24, 2.45) is 17.3 Å². The lowest BCUT2D eigenvalue weighted by Gasteiger charge is -2.28. The van der Waals surface area contributed by atoms with Crippen molar-refractivity contribution >= 4 is 12.0 Å².